The summed E-state index contributed by atoms with van der Waals surface area (Å²) in [5.74, 6) is 0. The average molecular weight is 937 g/mol. The molecule has 0 radical (unpaired) electrons. The Morgan fingerprint density at radius 3 is 0.392 bits per heavy atom. The summed E-state index contributed by atoms with van der Waals surface area (Å²) in [6.07, 6.45) is 0. The maximum Gasteiger partial charge on any atom is -0.0000921 e. The zero-order valence-corrected chi connectivity index (χ0v) is 40.7. The molecule has 0 N–H and O–H groups in total. The van der Waals surface area contributed by atoms with Crippen molar-refractivity contribution in [3.05, 3.63) is 291 Å². The first-order chi connectivity index (χ1) is 36.8. The van der Waals surface area contributed by atoms with Crippen molar-refractivity contribution in [3.8, 4) is 89.0 Å². The van der Waals surface area contributed by atoms with E-state index in [1.54, 1.807) is 0 Å². The molecule has 0 spiro atoms. The highest BCUT2D eigenvalue weighted by atomic mass is 14.3. The van der Waals surface area contributed by atoms with Gasteiger partial charge >= 0.3 is 0 Å². The fourth-order valence-electron chi connectivity index (χ4n) is 12.3. The predicted molar refractivity (Wildman–Crippen MR) is 317 cm³/mol. The van der Waals surface area contributed by atoms with Gasteiger partial charge < -0.3 is 0 Å². The normalized spacial score (nSPS) is 11.5. The van der Waals surface area contributed by atoms with E-state index in [9.17, 15) is 0 Å². The Hall–Kier alpha value is -9.62. The molecule has 0 heterocycles. The van der Waals surface area contributed by atoms with Crippen LogP contribution in [0.25, 0.3) is 143 Å². The number of fused-ring (bicyclic) bond motifs is 5. The number of benzene rings is 14. The van der Waals surface area contributed by atoms with Gasteiger partial charge in [0.15, 0.2) is 0 Å². The van der Waals surface area contributed by atoms with Crippen molar-refractivity contribution in [3.63, 3.8) is 0 Å². The fraction of sp³-hybridized carbons (Fsp3) is 0. The van der Waals surface area contributed by atoms with E-state index in [4.69, 9.17) is 0 Å². The second-order valence-corrected chi connectivity index (χ2v) is 19.3. The molecule has 0 saturated heterocycles. The molecule has 0 aromatic heterocycles. The molecule has 74 heavy (non-hydrogen) atoms. The van der Waals surface area contributed by atoms with E-state index in [0.717, 1.165) is 22.3 Å². The molecule has 0 unspecified atom stereocenters. The SMILES string of the molecule is c1ccc(-c2c3ccccc3c(-c3ccccc3)c3c(-c4ccccc4)c4c(-c5ccccc5)c5c(-c6ccccc6)c6ccccc6c(-c6ccccc6)c5c(-c5ccccc5)c4c(-c4ccccc4)c23)cc1. The van der Waals surface area contributed by atoms with Gasteiger partial charge in [-0.2, -0.15) is 0 Å². The summed E-state index contributed by atoms with van der Waals surface area (Å²) < 4.78 is 0. The molecule has 0 bridgehead atoms. The quantitative estimate of drug-likeness (QED) is 0.133. The van der Waals surface area contributed by atoms with E-state index >= 15 is 0 Å². The Labute approximate surface area is 431 Å². The first-order valence-corrected chi connectivity index (χ1v) is 25.7. The Bertz CT molecular complexity index is 3810. The van der Waals surface area contributed by atoms with Crippen molar-refractivity contribution in [2.24, 2.45) is 0 Å². The van der Waals surface area contributed by atoms with E-state index < -0.39 is 0 Å². The summed E-state index contributed by atoms with van der Waals surface area (Å²) in [7, 11) is 0. The topological polar surface area (TPSA) is 0 Å². The highest BCUT2D eigenvalue weighted by Crippen LogP contribution is 2.61. The van der Waals surface area contributed by atoms with Gasteiger partial charge in [-0.15, -0.1) is 0 Å². The van der Waals surface area contributed by atoms with Gasteiger partial charge in [0.2, 0.25) is 0 Å². The third-order valence-electron chi connectivity index (χ3n) is 15.2. The van der Waals surface area contributed by atoms with Gasteiger partial charge in [0.25, 0.3) is 0 Å². The van der Waals surface area contributed by atoms with Gasteiger partial charge in [-0.05, 0) is 143 Å². The van der Waals surface area contributed by atoms with Crippen LogP contribution in [0.15, 0.2) is 291 Å². The second-order valence-electron chi connectivity index (χ2n) is 19.3. The minimum absolute atomic E-state index is 1.16. The highest BCUT2D eigenvalue weighted by Gasteiger charge is 2.33. The van der Waals surface area contributed by atoms with Crippen molar-refractivity contribution < 1.29 is 0 Å². The van der Waals surface area contributed by atoms with Crippen molar-refractivity contribution in [2.45, 2.75) is 0 Å². The van der Waals surface area contributed by atoms with Gasteiger partial charge in [0, 0.05) is 0 Å². The van der Waals surface area contributed by atoms with Gasteiger partial charge in [-0.3, -0.25) is 0 Å². The smallest absolute Gasteiger partial charge is 0.0000921 e. The summed E-state index contributed by atoms with van der Waals surface area (Å²) in [6.45, 7) is 0. The predicted octanol–water partition coefficient (Wildman–Crippen LogP) is 20.8. The molecule has 14 aromatic rings. The lowest BCUT2D eigenvalue weighted by Crippen LogP contribution is -2.03. The fourth-order valence-corrected chi connectivity index (χ4v) is 12.3. The summed E-state index contributed by atoms with van der Waals surface area (Å²) in [6, 6.07) is 108. The zero-order chi connectivity index (χ0) is 49.0. The second kappa shape index (κ2) is 18.2. The van der Waals surface area contributed by atoms with Crippen LogP contribution in [0.5, 0.6) is 0 Å². The summed E-state index contributed by atoms with van der Waals surface area (Å²) in [4.78, 5) is 0. The maximum atomic E-state index is 2.35. The summed E-state index contributed by atoms with van der Waals surface area (Å²) in [5.41, 5.74) is 19.1. The van der Waals surface area contributed by atoms with Crippen LogP contribution in [0.2, 0.25) is 0 Å². The van der Waals surface area contributed by atoms with Crippen molar-refractivity contribution >= 4 is 53.9 Å². The molecule has 344 valence electrons. The third kappa shape index (κ3) is 6.91. The molecule has 0 fully saturated rings. The van der Waals surface area contributed by atoms with Crippen molar-refractivity contribution in [2.75, 3.05) is 0 Å². The van der Waals surface area contributed by atoms with E-state index in [1.165, 1.54) is 121 Å². The molecular formula is C74H48. The lowest BCUT2D eigenvalue weighted by atomic mass is 9.71. The van der Waals surface area contributed by atoms with Crippen LogP contribution < -0.4 is 0 Å². The monoisotopic (exact) mass is 936 g/mol. The Morgan fingerprint density at radius 1 is 0.108 bits per heavy atom. The van der Waals surface area contributed by atoms with E-state index in [-0.39, 0.29) is 0 Å². The van der Waals surface area contributed by atoms with E-state index in [2.05, 4.69) is 291 Å². The van der Waals surface area contributed by atoms with Crippen LogP contribution in [0.3, 0.4) is 0 Å². The van der Waals surface area contributed by atoms with Crippen molar-refractivity contribution in [1.29, 1.82) is 0 Å². The molecule has 0 aliphatic heterocycles. The Morgan fingerprint density at radius 2 is 0.230 bits per heavy atom. The van der Waals surface area contributed by atoms with Crippen LogP contribution in [-0.4, -0.2) is 0 Å². The van der Waals surface area contributed by atoms with Gasteiger partial charge in [0.1, 0.15) is 0 Å². The lowest BCUT2D eigenvalue weighted by molar-refractivity contribution is 1.61. The van der Waals surface area contributed by atoms with Crippen LogP contribution in [0.1, 0.15) is 0 Å². The summed E-state index contributed by atoms with van der Waals surface area (Å²) in [5, 5.41) is 12.2. The van der Waals surface area contributed by atoms with Gasteiger partial charge in [-0.1, -0.05) is 291 Å². The molecule has 0 saturated carbocycles. The molecule has 0 amide bonds. The number of rotatable bonds is 8. The molecular weight excluding hydrogens is 889 g/mol. The zero-order valence-electron chi connectivity index (χ0n) is 40.7. The van der Waals surface area contributed by atoms with Crippen LogP contribution >= 0.6 is 0 Å². The minimum Gasteiger partial charge on any atom is -0.0622 e. The first-order valence-electron chi connectivity index (χ1n) is 25.7. The highest BCUT2D eigenvalue weighted by molar-refractivity contribution is 6.42. The molecule has 0 nitrogen and oxygen atoms in total. The third-order valence-corrected chi connectivity index (χ3v) is 15.2. The molecule has 14 aromatic carbocycles. The van der Waals surface area contributed by atoms with E-state index in [1.807, 2.05) is 0 Å². The molecule has 0 aliphatic rings. The molecule has 0 atom stereocenters. The number of hydrogen-bond acceptors (Lipinski definition) is 0. The van der Waals surface area contributed by atoms with Crippen LogP contribution in [0.4, 0.5) is 0 Å². The lowest BCUT2D eigenvalue weighted by Gasteiger charge is -2.30. The summed E-state index contributed by atoms with van der Waals surface area (Å²) >= 11 is 0. The van der Waals surface area contributed by atoms with Crippen molar-refractivity contribution in [1.82, 2.24) is 0 Å². The van der Waals surface area contributed by atoms with Gasteiger partial charge in [-0.25, -0.2) is 0 Å². The van der Waals surface area contributed by atoms with Crippen LogP contribution in [0, 0.1) is 0 Å². The maximum absolute atomic E-state index is 2.35. The Balaban J connectivity index is 1.46. The Kier molecular flexibility index (Phi) is 10.6. The largest absolute Gasteiger partial charge is 0.0622 e. The minimum atomic E-state index is 1.16. The van der Waals surface area contributed by atoms with Crippen LogP contribution in [-0.2, 0) is 0 Å². The number of hydrogen-bond donors (Lipinski definition) is 0. The van der Waals surface area contributed by atoms with E-state index in [0.29, 0.717) is 0 Å². The average Bonchev–Trinajstić information content (AvgIpc) is 3.50. The van der Waals surface area contributed by atoms with Gasteiger partial charge in [0.05, 0.1) is 0 Å². The standard InChI is InChI=1S/C74H48/c1-9-29-49(30-10-1)61-57-45-25-26-46-58(57)62(50-31-11-2-12-32-50)70-66(54-39-19-6-20-40-54)74-68(56-43-23-8-24-44-56)72-64(52-35-15-4-16-36-52)60-48-28-27-47-59(60)63(51-33-13-3-14-34-51)71(72)67(55-41-21-7-22-42-55)73(74)65(69(61)70)53-37-17-5-18-38-53/h1-48H. The molecule has 14 rings (SSSR count). The molecule has 0 aliphatic carbocycles. The molecule has 0 heteroatoms. The first kappa shape index (κ1) is 43.2.